The van der Waals surface area contributed by atoms with E-state index in [2.05, 4.69) is 20.8 Å². The van der Waals surface area contributed by atoms with E-state index in [0.717, 1.165) is 17.6 Å². The highest BCUT2D eigenvalue weighted by Crippen LogP contribution is 2.24. The Labute approximate surface area is 126 Å². The minimum absolute atomic E-state index is 0.0287. The molecule has 1 aliphatic rings. The molecule has 0 unspecified atom stereocenters. The molecular formula is C13H16BrClN2O2. The first kappa shape index (κ1) is 14.8. The van der Waals surface area contributed by atoms with E-state index >= 15 is 0 Å². The molecule has 0 aromatic heterocycles. The van der Waals surface area contributed by atoms with Gasteiger partial charge in [-0.15, -0.1) is 0 Å². The van der Waals surface area contributed by atoms with Crippen LogP contribution in [0.15, 0.2) is 22.7 Å². The molecule has 1 amide bonds. The normalized spacial score (nSPS) is 16.7. The summed E-state index contributed by atoms with van der Waals surface area (Å²) in [4.78, 5) is 16.3. The van der Waals surface area contributed by atoms with Gasteiger partial charge in [0.05, 0.1) is 11.6 Å². The van der Waals surface area contributed by atoms with Crippen LogP contribution in [-0.2, 0) is 0 Å². The van der Waals surface area contributed by atoms with Gasteiger partial charge in [0.1, 0.15) is 0 Å². The van der Waals surface area contributed by atoms with Gasteiger partial charge in [-0.25, -0.2) is 0 Å². The van der Waals surface area contributed by atoms with Crippen molar-refractivity contribution in [2.45, 2.75) is 0 Å². The third-order valence-electron chi connectivity index (χ3n) is 3.24. The van der Waals surface area contributed by atoms with Crippen LogP contribution in [0.3, 0.4) is 0 Å². The van der Waals surface area contributed by atoms with Crippen molar-refractivity contribution in [2.24, 2.45) is 0 Å². The van der Waals surface area contributed by atoms with Gasteiger partial charge in [0.15, 0.2) is 0 Å². The first-order chi connectivity index (χ1) is 9.11. The summed E-state index contributed by atoms with van der Waals surface area (Å²) in [6, 6.07) is 5.22. The topological polar surface area (TPSA) is 43.8 Å². The third-order valence-corrected chi connectivity index (χ3v) is 4.46. The highest BCUT2D eigenvalue weighted by Gasteiger charge is 2.22. The van der Waals surface area contributed by atoms with Gasteiger partial charge in [0, 0.05) is 42.8 Å². The van der Waals surface area contributed by atoms with Gasteiger partial charge in [-0.3, -0.25) is 9.69 Å². The van der Waals surface area contributed by atoms with Crippen LogP contribution in [0.4, 0.5) is 0 Å². The van der Waals surface area contributed by atoms with Crippen molar-refractivity contribution in [2.75, 3.05) is 39.3 Å². The fourth-order valence-corrected chi connectivity index (χ4v) is 2.62. The van der Waals surface area contributed by atoms with Gasteiger partial charge >= 0.3 is 0 Å². The zero-order valence-electron chi connectivity index (χ0n) is 10.5. The maximum atomic E-state index is 12.3. The summed E-state index contributed by atoms with van der Waals surface area (Å²) in [6.07, 6.45) is 0. The first-order valence-corrected chi connectivity index (χ1v) is 7.36. The van der Waals surface area contributed by atoms with Crippen LogP contribution in [0.25, 0.3) is 0 Å². The number of halogens is 2. The number of aliphatic hydroxyl groups excluding tert-OH is 1. The van der Waals surface area contributed by atoms with Gasteiger partial charge < -0.3 is 10.0 Å². The number of rotatable bonds is 3. The van der Waals surface area contributed by atoms with Crippen molar-refractivity contribution < 1.29 is 9.90 Å². The van der Waals surface area contributed by atoms with Crippen LogP contribution in [-0.4, -0.2) is 60.1 Å². The molecule has 19 heavy (non-hydrogen) atoms. The van der Waals surface area contributed by atoms with Crippen LogP contribution in [0.2, 0.25) is 5.02 Å². The molecule has 0 aliphatic carbocycles. The summed E-state index contributed by atoms with van der Waals surface area (Å²) in [6.45, 7) is 3.84. The first-order valence-electron chi connectivity index (χ1n) is 6.19. The molecule has 1 saturated heterocycles. The summed E-state index contributed by atoms with van der Waals surface area (Å²) in [5, 5.41) is 9.49. The number of carbonyl (C=O) groups excluding carboxylic acids is 1. The van der Waals surface area contributed by atoms with Crippen LogP contribution in [0.5, 0.6) is 0 Å². The SMILES string of the molecule is O=C(c1ccc(Cl)c(Br)c1)N1CCN(CCO)CC1. The van der Waals surface area contributed by atoms with Gasteiger partial charge in [0.2, 0.25) is 0 Å². The van der Waals surface area contributed by atoms with Crippen molar-refractivity contribution in [3.63, 3.8) is 0 Å². The van der Waals surface area contributed by atoms with E-state index in [1.165, 1.54) is 0 Å². The molecule has 1 heterocycles. The van der Waals surface area contributed by atoms with Gasteiger partial charge in [-0.2, -0.15) is 0 Å². The molecule has 6 heteroatoms. The molecule has 1 aliphatic heterocycles. The predicted octanol–water partition coefficient (Wildman–Crippen LogP) is 1.85. The summed E-state index contributed by atoms with van der Waals surface area (Å²) in [5.41, 5.74) is 0.645. The molecule has 1 N–H and O–H groups in total. The molecule has 0 atom stereocenters. The van der Waals surface area contributed by atoms with E-state index < -0.39 is 0 Å². The molecule has 0 bridgehead atoms. The Bertz CT molecular complexity index is 462. The van der Waals surface area contributed by atoms with E-state index in [-0.39, 0.29) is 12.5 Å². The minimum Gasteiger partial charge on any atom is -0.395 e. The number of aliphatic hydroxyl groups is 1. The van der Waals surface area contributed by atoms with E-state index in [1.54, 1.807) is 18.2 Å². The van der Waals surface area contributed by atoms with E-state index in [0.29, 0.717) is 30.2 Å². The smallest absolute Gasteiger partial charge is 0.253 e. The van der Waals surface area contributed by atoms with Crippen molar-refractivity contribution in [3.05, 3.63) is 33.3 Å². The summed E-state index contributed by atoms with van der Waals surface area (Å²) >= 11 is 9.25. The summed E-state index contributed by atoms with van der Waals surface area (Å²) < 4.78 is 0.735. The predicted molar refractivity (Wildman–Crippen MR) is 78.6 cm³/mol. The molecule has 2 rings (SSSR count). The molecule has 1 fully saturated rings. The Morgan fingerprint density at radius 3 is 2.58 bits per heavy atom. The number of nitrogens with zero attached hydrogens (tertiary/aromatic N) is 2. The van der Waals surface area contributed by atoms with Gasteiger partial charge in [-0.1, -0.05) is 11.6 Å². The largest absolute Gasteiger partial charge is 0.395 e. The number of amides is 1. The van der Waals surface area contributed by atoms with Gasteiger partial charge in [-0.05, 0) is 34.1 Å². The number of carbonyl (C=O) groups is 1. The third kappa shape index (κ3) is 3.69. The van der Waals surface area contributed by atoms with Crippen molar-refractivity contribution in [3.8, 4) is 0 Å². The standard InChI is InChI=1S/C13H16BrClN2O2/c14-11-9-10(1-2-12(11)15)13(19)17-5-3-16(4-6-17)7-8-18/h1-2,9,18H,3-8H2. The Kier molecular flexibility index (Phi) is 5.21. The number of hydrogen-bond donors (Lipinski definition) is 1. The van der Waals surface area contributed by atoms with Crippen molar-refractivity contribution in [1.82, 2.24) is 9.80 Å². The lowest BCUT2D eigenvalue weighted by atomic mass is 10.2. The van der Waals surface area contributed by atoms with Crippen LogP contribution in [0.1, 0.15) is 10.4 Å². The lowest BCUT2D eigenvalue weighted by molar-refractivity contribution is 0.0615. The van der Waals surface area contributed by atoms with Crippen LogP contribution in [0, 0.1) is 0 Å². The minimum atomic E-state index is 0.0287. The average Bonchev–Trinajstić information content (AvgIpc) is 2.42. The van der Waals surface area contributed by atoms with Crippen molar-refractivity contribution in [1.29, 1.82) is 0 Å². The number of hydrogen-bond acceptors (Lipinski definition) is 3. The summed E-state index contributed by atoms with van der Waals surface area (Å²) in [7, 11) is 0. The molecule has 0 spiro atoms. The fraction of sp³-hybridized carbons (Fsp3) is 0.462. The van der Waals surface area contributed by atoms with E-state index in [1.807, 2.05) is 4.90 Å². The number of piperazine rings is 1. The Hall–Kier alpha value is -0.620. The Morgan fingerprint density at radius 1 is 1.32 bits per heavy atom. The molecule has 104 valence electrons. The quantitative estimate of drug-likeness (QED) is 0.907. The maximum Gasteiger partial charge on any atom is 0.253 e. The average molecular weight is 348 g/mol. The summed E-state index contributed by atoms with van der Waals surface area (Å²) in [5.74, 6) is 0.0287. The van der Waals surface area contributed by atoms with Crippen LogP contribution >= 0.6 is 27.5 Å². The molecular weight excluding hydrogens is 332 g/mol. The lowest BCUT2D eigenvalue weighted by Gasteiger charge is -2.34. The Balaban J connectivity index is 1.99. The molecule has 0 radical (unpaired) electrons. The second-order valence-electron chi connectivity index (χ2n) is 4.49. The lowest BCUT2D eigenvalue weighted by Crippen LogP contribution is -2.49. The second kappa shape index (κ2) is 6.70. The highest BCUT2D eigenvalue weighted by atomic mass is 79.9. The van der Waals surface area contributed by atoms with Crippen molar-refractivity contribution >= 4 is 33.4 Å². The Morgan fingerprint density at radius 2 is 2.00 bits per heavy atom. The highest BCUT2D eigenvalue weighted by molar-refractivity contribution is 9.10. The molecule has 1 aromatic rings. The second-order valence-corrected chi connectivity index (χ2v) is 5.75. The number of benzene rings is 1. The monoisotopic (exact) mass is 346 g/mol. The van der Waals surface area contributed by atoms with E-state index in [9.17, 15) is 4.79 Å². The zero-order valence-corrected chi connectivity index (χ0v) is 12.8. The van der Waals surface area contributed by atoms with E-state index in [4.69, 9.17) is 16.7 Å². The van der Waals surface area contributed by atoms with Gasteiger partial charge in [0.25, 0.3) is 5.91 Å². The zero-order chi connectivity index (χ0) is 13.8. The molecule has 0 saturated carbocycles. The molecule has 1 aromatic carbocycles. The number of β-amino-alcohol motifs (C(OH)–C–C–N with tert-alkyl or cyclic N) is 1. The van der Waals surface area contributed by atoms with Crippen LogP contribution < -0.4 is 0 Å². The molecule has 4 nitrogen and oxygen atoms in total. The maximum absolute atomic E-state index is 12.3. The fourth-order valence-electron chi connectivity index (χ4n) is 2.13.